The molecule has 0 bridgehead atoms. The zero-order chi connectivity index (χ0) is 12.9. The Bertz CT molecular complexity index is 361. The van der Waals surface area contributed by atoms with Crippen LogP contribution < -0.4 is 4.74 Å². The van der Waals surface area contributed by atoms with Gasteiger partial charge in [0.15, 0.2) is 0 Å². The zero-order valence-corrected chi connectivity index (χ0v) is 10.8. The lowest BCUT2D eigenvalue weighted by atomic mass is 9.89. The van der Waals surface area contributed by atoms with E-state index < -0.39 is 5.60 Å². The highest BCUT2D eigenvalue weighted by Crippen LogP contribution is 2.34. The van der Waals surface area contributed by atoms with E-state index in [2.05, 4.69) is 6.92 Å². The van der Waals surface area contributed by atoms with Gasteiger partial charge in [-0.1, -0.05) is 26.2 Å². The first-order valence-electron chi connectivity index (χ1n) is 6.07. The van der Waals surface area contributed by atoms with E-state index in [0.717, 1.165) is 19.3 Å². The van der Waals surface area contributed by atoms with E-state index in [-0.39, 0.29) is 5.82 Å². The van der Waals surface area contributed by atoms with Crippen LogP contribution in [0.25, 0.3) is 0 Å². The molecule has 1 N–H and O–H groups in total. The molecule has 1 aromatic rings. The number of hydrogen-bond donors (Lipinski definition) is 1. The molecule has 0 radical (unpaired) electrons. The normalized spacial score (nSPS) is 14.4. The molecule has 1 atom stereocenters. The van der Waals surface area contributed by atoms with Crippen molar-refractivity contribution in [3.8, 4) is 5.75 Å². The second-order valence-corrected chi connectivity index (χ2v) is 4.58. The molecule has 1 unspecified atom stereocenters. The molecule has 0 spiro atoms. The summed E-state index contributed by atoms with van der Waals surface area (Å²) >= 11 is 0. The number of hydrogen-bond acceptors (Lipinski definition) is 2. The number of halogens is 1. The Balaban J connectivity index is 2.91. The third-order valence-corrected chi connectivity index (χ3v) is 3.01. The molecule has 0 fully saturated rings. The maximum atomic E-state index is 13.2. The van der Waals surface area contributed by atoms with Gasteiger partial charge in [0.05, 0.1) is 12.7 Å². The molecule has 0 aliphatic heterocycles. The lowest BCUT2D eigenvalue weighted by Crippen LogP contribution is -2.22. The van der Waals surface area contributed by atoms with Gasteiger partial charge >= 0.3 is 0 Å². The zero-order valence-electron chi connectivity index (χ0n) is 10.8. The van der Waals surface area contributed by atoms with Crippen molar-refractivity contribution in [2.75, 3.05) is 7.11 Å². The fourth-order valence-corrected chi connectivity index (χ4v) is 1.95. The van der Waals surface area contributed by atoms with Crippen LogP contribution in [0.5, 0.6) is 5.75 Å². The summed E-state index contributed by atoms with van der Waals surface area (Å²) in [6.07, 6.45) is 3.69. The lowest BCUT2D eigenvalue weighted by Gasteiger charge is -2.25. The third kappa shape index (κ3) is 3.70. The van der Waals surface area contributed by atoms with Crippen molar-refractivity contribution in [1.29, 1.82) is 0 Å². The number of methoxy groups -OCH3 is 1. The molecular weight excluding hydrogens is 219 g/mol. The molecule has 1 rings (SSSR count). The Labute approximate surface area is 102 Å². The van der Waals surface area contributed by atoms with Crippen molar-refractivity contribution in [2.24, 2.45) is 0 Å². The minimum absolute atomic E-state index is 0.350. The summed E-state index contributed by atoms with van der Waals surface area (Å²) in [5.74, 6) is 0.185. The van der Waals surface area contributed by atoms with Crippen LogP contribution in [0, 0.1) is 5.82 Å². The maximum absolute atomic E-state index is 13.2. The Morgan fingerprint density at radius 3 is 2.65 bits per heavy atom. The highest BCUT2D eigenvalue weighted by Gasteiger charge is 2.26. The molecule has 0 saturated heterocycles. The number of benzene rings is 1. The number of unbranched alkanes of at least 4 members (excludes halogenated alkanes) is 2. The monoisotopic (exact) mass is 240 g/mol. The summed E-state index contributed by atoms with van der Waals surface area (Å²) in [6, 6.07) is 4.24. The predicted octanol–water partition coefficient (Wildman–Crippen LogP) is 3.62. The first-order chi connectivity index (χ1) is 8.01. The average molecular weight is 240 g/mol. The summed E-state index contributed by atoms with van der Waals surface area (Å²) in [5, 5.41) is 10.4. The van der Waals surface area contributed by atoms with Crippen LogP contribution in [0.1, 0.15) is 45.1 Å². The Kier molecular flexibility index (Phi) is 4.94. The number of ether oxygens (including phenoxy) is 1. The molecule has 2 nitrogen and oxygen atoms in total. The van der Waals surface area contributed by atoms with Crippen LogP contribution in [0.4, 0.5) is 4.39 Å². The summed E-state index contributed by atoms with van der Waals surface area (Å²) in [5.41, 5.74) is -0.515. The Morgan fingerprint density at radius 1 is 1.35 bits per heavy atom. The minimum atomic E-state index is -1.04. The smallest absolute Gasteiger partial charge is 0.125 e. The van der Waals surface area contributed by atoms with Gasteiger partial charge in [-0.25, -0.2) is 4.39 Å². The number of rotatable bonds is 6. The molecule has 17 heavy (non-hydrogen) atoms. The van der Waals surface area contributed by atoms with Gasteiger partial charge in [-0.2, -0.15) is 0 Å². The second-order valence-electron chi connectivity index (χ2n) is 4.58. The molecular formula is C14H21FO2. The molecule has 0 saturated carbocycles. The van der Waals surface area contributed by atoms with Crippen LogP contribution in [0.2, 0.25) is 0 Å². The van der Waals surface area contributed by atoms with Gasteiger partial charge in [0.1, 0.15) is 11.6 Å². The molecule has 96 valence electrons. The summed E-state index contributed by atoms with van der Waals surface area (Å²) in [6.45, 7) is 3.82. The van der Waals surface area contributed by atoms with E-state index in [1.165, 1.54) is 19.2 Å². The first kappa shape index (κ1) is 14.0. The molecule has 0 aromatic heterocycles. The van der Waals surface area contributed by atoms with Crippen molar-refractivity contribution in [3.63, 3.8) is 0 Å². The van der Waals surface area contributed by atoms with Gasteiger partial charge in [0.25, 0.3) is 0 Å². The molecule has 0 amide bonds. The standard InChI is InChI=1S/C14H21FO2/c1-4-5-6-9-14(2,16)12-10-11(15)7-8-13(12)17-3/h7-8,10,16H,4-6,9H2,1-3H3. The number of aliphatic hydroxyl groups is 1. The van der Waals surface area contributed by atoms with Gasteiger partial charge in [-0.3, -0.25) is 0 Å². The van der Waals surface area contributed by atoms with Crippen LogP contribution in [-0.2, 0) is 5.60 Å². The van der Waals surface area contributed by atoms with Crippen molar-refractivity contribution in [2.45, 2.75) is 45.1 Å². The van der Waals surface area contributed by atoms with Gasteiger partial charge < -0.3 is 9.84 Å². The molecule has 3 heteroatoms. The van der Waals surface area contributed by atoms with E-state index in [9.17, 15) is 9.50 Å². The van der Waals surface area contributed by atoms with Crippen molar-refractivity contribution in [3.05, 3.63) is 29.6 Å². The fraction of sp³-hybridized carbons (Fsp3) is 0.571. The van der Waals surface area contributed by atoms with E-state index >= 15 is 0 Å². The molecule has 0 heterocycles. The Hall–Kier alpha value is -1.09. The minimum Gasteiger partial charge on any atom is -0.496 e. The molecule has 1 aromatic carbocycles. The lowest BCUT2D eigenvalue weighted by molar-refractivity contribution is 0.0421. The quantitative estimate of drug-likeness (QED) is 0.769. The van der Waals surface area contributed by atoms with Crippen molar-refractivity contribution >= 4 is 0 Å². The van der Waals surface area contributed by atoms with Crippen LogP contribution in [-0.4, -0.2) is 12.2 Å². The Morgan fingerprint density at radius 2 is 2.06 bits per heavy atom. The van der Waals surface area contributed by atoms with E-state index in [4.69, 9.17) is 4.74 Å². The maximum Gasteiger partial charge on any atom is 0.125 e. The third-order valence-electron chi connectivity index (χ3n) is 3.01. The topological polar surface area (TPSA) is 29.5 Å². The van der Waals surface area contributed by atoms with Crippen LogP contribution in [0.15, 0.2) is 18.2 Å². The predicted molar refractivity (Wildman–Crippen MR) is 66.7 cm³/mol. The summed E-state index contributed by atoms with van der Waals surface area (Å²) < 4.78 is 18.4. The van der Waals surface area contributed by atoms with Crippen molar-refractivity contribution < 1.29 is 14.2 Å². The van der Waals surface area contributed by atoms with Gasteiger partial charge in [-0.05, 0) is 31.5 Å². The summed E-state index contributed by atoms with van der Waals surface area (Å²) in [7, 11) is 1.53. The highest BCUT2D eigenvalue weighted by atomic mass is 19.1. The second kappa shape index (κ2) is 6.01. The van der Waals surface area contributed by atoms with Gasteiger partial charge in [-0.15, -0.1) is 0 Å². The van der Waals surface area contributed by atoms with Gasteiger partial charge in [0.2, 0.25) is 0 Å². The largest absolute Gasteiger partial charge is 0.496 e. The average Bonchev–Trinajstić information content (AvgIpc) is 2.29. The van der Waals surface area contributed by atoms with Crippen LogP contribution in [0.3, 0.4) is 0 Å². The van der Waals surface area contributed by atoms with Crippen molar-refractivity contribution in [1.82, 2.24) is 0 Å². The SMILES string of the molecule is CCCCCC(C)(O)c1cc(F)ccc1OC. The van der Waals surface area contributed by atoms with Crippen LogP contribution >= 0.6 is 0 Å². The molecule has 0 aliphatic rings. The van der Waals surface area contributed by atoms with Gasteiger partial charge in [0, 0.05) is 5.56 Å². The summed E-state index contributed by atoms with van der Waals surface area (Å²) in [4.78, 5) is 0. The fourth-order valence-electron chi connectivity index (χ4n) is 1.95. The van der Waals surface area contributed by atoms with E-state index in [1.54, 1.807) is 13.0 Å². The van der Waals surface area contributed by atoms with E-state index in [0.29, 0.717) is 17.7 Å². The first-order valence-corrected chi connectivity index (χ1v) is 6.07. The molecule has 0 aliphatic carbocycles. The highest BCUT2D eigenvalue weighted by molar-refractivity contribution is 5.38. The van der Waals surface area contributed by atoms with E-state index in [1.807, 2.05) is 0 Å².